The minimum absolute atomic E-state index is 0.0537. The summed E-state index contributed by atoms with van der Waals surface area (Å²) in [6.45, 7) is 6.97. The molecule has 3 aliphatic heterocycles. The van der Waals surface area contributed by atoms with E-state index < -0.39 is 6.09 Å². The highest BCUT2D eigenvalue weighted by Crippen LogP contribution is 2.36. The molecule has 1 atom stereocenters. The van der Waals surface area contributed by atoms with Crippen LogP contribution >= 0.6 is 0 Å². The Morgan fingerprint density at radius 1 is 0.825 bits per heavy atom. The van der Waals surface area contributed by atoms with Crippen molar-refractivity contribution in [1.29, 1.82) is 0 Å². The minimum Gasteiger partial charge on any atom is -0.410 e. The third kappa shape index (κ3) is 7.77. The number of hydrogen-bond donors (Lipinski definition) is 1. The summed E-state index contributed by atoms with van der Waals surface area (Å²) < 4.78 is 13.5. The van der Waals surface area contributed by atoms with Crippen molar-refractivity contribution in [1.82, 2.24) is 19.3 Å². The average Bonchev–Trinajstić information content (AvgIpc) is 3.55. The van der Waals surface area contributed by atoms with Crippen LogP contribution in [0.25, 0.3) is 11.3 Å². The van der Waals surface area contributed by atoms with Gasteiger partial charge in [-0.15, -0.1) is 0 Å². The van der Waals surface area contributed by atoms with Gasteiger partial charge in [0.25, 0.3) is 11.8 Å². The number of carbonyl (C=O) groups excluding carboxylic acids is 3. The largest absolute Gasteiger partial charge is 0.415 e. The van der Waals surface area contributed by atoms with Crippen molar-refractivity contribution in [3.63, 3.8) is 0 Å². The molecule has 294 valence electrons. The van der Waals surface area contributed by atoms with Crippen molar-refractivity contribution in [2.75, 3.05) is 63.7 Å². The van der Waals surface area contributed by atoms with Crippen LogP contribution in [0.1, 0.15) is 48.7 Å². The van der Waals surface area contributed by atoms with Gasteiger partial charge in [0.2, 0.25) is 0 Å². The molecule has 0 spiro atoms. The lowest BCUT2D eigenvalue weighted by Gasteiger charge is -2.41. The van der Waals surface area contributed by atoms with Crippen molar-refractivity contribution in [2.24, 2.45) is 7.05 Å². The van der Waals surface area contributed by atoms with Gasteiger partial charge >= 0.3 is 6.09 Å². The predicted molar refractivity (Wildman–Crippen MR) is 222 cm³/mol. The van der Waals surface area contributed by atoms with E-state index in [4.69, 9.17) is 9.47 Å². The molecule has 1 fully saturated rings. The van der Waals surface area contributed by atoms with Crippen LogP contribution in [0.4, 0.5) is 16.2 Å². The predicted octanol–water partition coefficient (Wildman–Crippen LogP) is 6.78. The minimum atomic E-state index is -0.434. The Kier molecular flexibility index (Phi) is 10.9. The maximum absolute atomic E-state index is 15.4. The summed E-state index contributed by atoms with van der Waals surface area (Å²) in [4.78, 5) is 50.7. The molecule has 1 saturated heterocycles. The van der Waals surface area contributed by atoms with Crippen LogP contribution in [0.3, 0.4) is 0 Å². The van der Waals surface area contributed by atoms with Gasteiger partial charge in [0.1, 0.15) is 5.75 Å². The van der Waals surface area contributed by atoms with Crippen LogP contribution in [0.15, 0.2) is 97.1 Å². The number of nitrogens with one attached hydrogen (secondary N) is 1. The van der Waals surface area contributed by atoms with Gasteiger partial charge in [0, 0.05) is 100 Å². The number of fused-ring (bicyclic) bond motifs is 2. The molecule has 5 aromatic rings. The van der Waals surface area contributed by atoms with E-state index in [-0.39, 0.29) is 17.9 Å². The van der Waals surface area contributed by atoms with Crippen LogP contribution in [0, 0.1) is 6.92 Å². The van der Waals surface area contributed by atoms with Gasteiger partial charge in [-0.1, -0.05) is 42.5 Å². The van der Waals surface area contributed by atoms with E-state index >= 15 is 4.79 Å². The lowest BCUT2D eigenvalue weighted by Crippen LogP contribution is -2.52. The SMILES string of the molecule is CNc1ccc(OC(=O)N2CCc3cc(-c4cc(C(=O)N(C)c5ccccc5)c(C)n4C)c(C(=O)N4Cc5ccccc5C[C@H]4CN4CCOCC4)cc3C2)cc1. The number of anilines is 2. The molecule has 0 unspecified atom stereocenters. The summed E-state index contributed by atoms with van der Waals surface area (Å²) in [6.07, 6.45) is 0.909. The van der Waals surface area contributed by atoms with Crippen LogP contribution in [0.2, 0.25) is 0 Å². The fourth-order valence-electron chi connectivity index (χ4n) is 8.36. The number of nitrogens with zero attached hydrogens (tertiary/aromatic N) is 5. The zero-order valence-electron chi connectivity index (χ0n) is 33.2. The summed E-state index contributed by atoms with van der Waals surface area (Å²) in [7, 11) is 5.58. The monoisotopic (exact) mass is 766 g/mol. The summed E-state index contributed by atoms with van der Waals surface area (Å²) in [5.41, 5.74) is 9.60. The summed E-state index contributed by atoms with van der Waals surface area (Å²) >= 11 is 0. The van der Waals surface area contributed by atoms with Gasteiger partial charge in [-0.25, -0.2) is 4.79 Å². The molecule has 3 amide bonds. The van der Waals surface area contributed by atoms with Crippen LogP contribution < -0.4 is 15.0 Å². The number of amides is 3. The zero-order valence-corrected chi connectivity index (χ0v) is 33.2. The number of ether oxygens (including phenoxy) is 2. The average molecular weight is 767 g/mol. The zero-order chi connectivity index (χ0) is 39.6. The molecule has 11 nitrogen and oxygen atoms in total. The summed E-state index contributed by atoms with van der Waals surface area (Å²) in [5, 5.41) is 3.08. The Balaban J connectivity index is 1.18. The maximum atomic E-state index is 15.4. The highest BCUT2D eigenvalue weighted by atomic mass is 16.6. The van der Waals surface area contributed by atoms with Crippen molar-refractivity contribution in [3.8, 4) is 17.0 Å². The number of hydrogen-bond acceptors (Lipinski definition) is 7. The maximum Gasteiger partial charge on any atom is 0.415 e. The number of aromatic nitrogens is 1. The molecule has 8 rings (SSSR count). The molecule has 4 aromatic carbocycles. The second-order valence-corrected chi connectivity index (χ2v) is 15.2. The molecule has 1 N–H and O–H groups in total. The molecule has 57 heavy (non-hydrogen) atoms. The highest BCUT2D eigenvalue weighted by Gasteiger charge is 2.35. The molecule has 1 aromatic heterocycles. The topological polar surface area (TPSA) is 99.6 Å². The Morgan fingerprint density at radius 2 is 1.54 bits per heavy atom. The van der Waals surface area contributed by atoms with Crippen LogP contribution in [-0.2, 0) is 37.7 Å². The lowest BCUT2D eigenvalue weighted by molar-refractivity contribution is 0.0193. The highest BCUT2D eigenvalue weighted by molar-refractivity contribution is 6.08. The van der Waals surface area contributed by atoms with Crippen molar-refractivity contribution in [2.45, 2.75) is 38.9 Å². The number of rotatable bonds is 8. The molecule has 0 saturated carbocycles. The second kappa shape index (κ2) is 16.3. The Bertz CT molecular complexity index is 2280. The second-order valence-electron chi connectivity index (χ2n) is 15.2. The van der Waals surface area contributed by atoms with Gasteiger partial charge < -0.3 is 34.1 Å². The van der Waals surface area contributed by atoms with E-state index in [9.17, 15) is 9.59 Å². The number of carbonyl (C=O) groups is 3. The molecule has 0 radical (unpaired) electrons. The normalized spacial score (nSPS) is 16.7. The molecular weight excluding hydrogens is 717 g/mol. The van der Waals surface area contributed by atoms with Crippen LogP contribution in [-0.4, -0.2) is 96.7 Å². The lowest BCUT2D eigenvalue weighted by atomic mass is 9.89. The van der Waals surface area contributed by atoms with Gasteiger partial charge in [-0.05, 0) is 96.6 Å². The first kappa shape index (κ1) is 38.0. The van der Waals surface area contributed by atoms with E-state index in [0.717, 1.165) is 71.1 Å². The third-order valence-electron chi connectivity index (χ3n) is 11.9. The summed E-state index contributed by atoms with van der Waals surface area (Å²) in [6, 6.07) is 31.2. The van der Waals surface area contributed by atoms with Gasteiger partial charge in [0.15, 0.2) is 0 Å². The molecule has 11 heteroatoms. The standard InChI is InChI=1S/C46H50N6O5/c1-31-40(44(53)49(4)37-12-6-5-7-13-37)27-43(48(31)3)41-25-33-18-19-51(46(55)57-39-16-14-36(47-2)15-17-39)28-35(33)26-42(41)45(54)52-29-34-11-9-8-10-32(34)24-38(52)30-50-20-22-56-23-21-50/h5-17,25-27,38,47H,18-24,28-30H2,1-4H3/t38-/m0/s1. The van der Waals surface area contributed by atoms with E-state index in [1.165, 1.54) is 5.56 Å². The summed E-state index contributed by atoms with van der Waals surface area (Å²) in [5.74, 6) is 0.271. The molecule has 4 heterocycles. The number of benzene rings is 4. The number of para-hydroxylation sites is 1. The first-order valence-electron chi connectivity index (χ1n) is 19.8. The van der Waals surface area contributed by atoms with Crippen molar-refractivity contribution >= 4 is 29.3 Å². The number of morpholine rings is 1. The Morgan fingerprint density at radius 3 is 2.28 bits per heavy atom. The van der Waals surface area contributed by atoms with E-state index in [1.54, 1.807) is 29.0 Å². The van der Waals surface area contributed by atoms with E-state index in [1.807, 2.05) is 91.1 Å². The first-order chi connectivity index (χ1) is 27.7. The third-order valence-corrected chi connectivity index (χ3v) is 11.9. The molecular formula is C46H50N6O5. The molecule has 3 aliphatic rings. The van der Waals surface area contributed by atoms with Crippen molar-refractivity contribution in [3.05, 3.63) is 136 Å². The smallest absolute Gasteiger partial charge is 0.410 e. The van der Waals surface area contributed by atoms with Gasteiger partial charge in [-0.3, -0.25) is 14.5 Å². The van der Waals surface area contributed by atoms with Crippen molar-refractivity contribution < 1.29 is 23.9 Å². The Labute approximate surface area is 334 Å². The van der Waals surface area contributed by atoms with E-state index in [2.05, 4.69) is 34.5 Å². The molecule has 0 aliphatic carbocycles. The fourth-order valence-corrected chi connectivity index (χ4v) is 8.36. The fraction of sp³-hybridized carbons (Fsp3) is 0.326. The quantitative estimate of drug-likeness (QED) is 0.186. The van der Waals surface area contributed by atoms with Crippen LogP contribution in [0.5, 0.6) is 5.75 Å². The van der Waals surface area contributed by atoms with Gasteiger partial charge in [0.05, 0.1) is 18.8 Å². The Hall–Kier alpha value is -5.91. The van der Waals surface area contributed by atoms with E-state index in [0.29, 0.717) is 56.1 Å². The molecule has 0 bridgehead atoms. The first-order valence-corrected chi connectivity index (χ1v) is 19.8. The van der Waals surface area contributed by atoms with Gasteiger partial charge in [-0.2, -0.15) is 0 Å².